The van der Waals surface area contributed by atoms with Crippen LogP contribution in [0, 0.1) is 5.92 Å². The number of carboxylic acid groups (broad SMARTS) is 1. The van der Waals surface area contributed by atoms with Gasteiger partial charge in [0.05, 0.1) is 51.8 Å². The fraction of sp³-hybridized carbons (Fsp3) is 0.900. The van der Waals surface area contributed by atoms with Gasteiger partial charge in [0, 0.05) is 33.8 Å². The van der Waals surface area contributed by atoms with Crippen LogP contribution < -0.4 is 0 Å². The highest BCUT2D eigenvalue weighted by atomic mass is 16.8. The monoisotopic (exact) mass is 1010 g/mol. The first-order valence-electron chi connectivity index (χ1n) is 22.0. The summed E-state index contributed by atoms with van der Waals surface area (Å²) in [4.78, 5) is 47.7. The summed E-state index contributed by atoms with van der Waals surface area (Å²) in [5, 5.41) is 109. The van der Waals surface area contributed by atoms with Gasteiger partial charge >= 0.3 is 23.9 Å². The standard InChI is InChI=1S/C40H62O29/c1-12-30(61-13(2)42)24(47)18(7-56-12)64-38-29(52)33(63-15(4)44)21(11-59-38)67-36-27(50)23(46)17(8-57-36)66-40-34(69-39-26(49)22(45)16(6-41)31(68-39)35(53)54)25(48)19(9-60-40)65-37-28(51)32(62-14(3)43)20(55-5)10-58-37/h12,16-34,36-41,45-52H,6-11H2,1-5H3,(H,53,54). The molecule has 69 heavy (non-hydrogen) atoms. The highest BCUT2D eigenvalue weighted by Crippen LogP contribution is 2.35. The Morgan fingerprint density at radius 2 is 0.870 bits per heavy atom. The number of rotatable bonds is 16. The molecule has 25 atom stereocenters. The summed E-state index contributed by atoms with van der Waals surface area (Å²) >= 11 is 0. The van der Waals surface area contributed by atoms with E-state index in [4.69, 9.17) is 71.1 Å². The molecule has 6 fully saturated rings. The zero-order valence-electron chi connectivity index (χ0n) is 37.9. The third kappa shape index (κ3) is 12.8. The van der Waals surface area contributed by atoms with E-state index in [-0.39, 0.29) is 13.2 Å². The van der Waals surface area contributed by atoms with Crippen LogP contribution in [0.3, 0.4) is 0 Å². The summed E-state index contributed by atoms with van der Waals surface area (Å²) in [7, 11) is 1.29. The molecule has 0 spiro atoms. The van der Waals surface area contributed by atoms with Crippen molar-refractivity contribution in [1.29, 1.82) is 0 Å². The third-order valence-electron chi connectivity index (χ3n) is 12.3. The Balaban J connectivity index is 1.14. The fourth-order valence-corrected chi connectivity index (χ4v) is 8.62. The van der Waals surface area contributed by atoms with Crippen molar-refractivity contribution in [2.75, 3.05) is 46.8 Å². The average molecular weight is 1010 g/mol. The highest BCUT2D eigenvalue weighted by Gasteiger charge is 2.55. The molecule has 6 aliphatic rings. The minimum absolute atomic E-state index is 0.204. The van der Waals surface area contributed by atoms with Gasteiger partial charge in [0.15, 0.2) is 55.9 Å². The molecule has 10 N–H and O–H groups in total. The predicted molar refractivity (Wildman–Crippen MR) is 211 cm³/mol. The minimum Gasteiger partial charge on any atom is -0.479 e. The molecule has 0 radical (unpaired) electrons. The topological polar surface area (TPSA) is 409 Å². The van der Waals surface area contributed by atoms with E-state index in [0.29, 0.717) is 0 Å². The number of carbonyl (C=O) groups excluding carboxylic acids is 3. The molecule has 6 rings (SSSR count). The van der Waals surface area contributed by atoms with E-state index in [1.807, 2.05) is 0 Å². The molecule has 0 aromatic carbocycles. The lowest BCUT2D eigenvalue weighted by atomic mass is 9.89. The van der Waals surface area contributed by atoms with Gasteiger partial charge in [0.2, 0.25) is 0 Å². The molecule has 0 saturated carbocycles. The summed E-state index contributed by atoms with van der Waals surface area (Å²) in [6, 6.07) is 0. The van der Waals surface area contributed by atoms with Crippen LogP contribution in [0.4, 0.5) is 0 Å². The lowest BCUT2D eigenvalue weighted by molar-refractivity contribution is -0.382. The van der Waals surface area contributed by atoms with Crippen molar-refractivity contribution in [3.05, 3.63) is 0 Å². The summed E-state index contributed by atoms with van der Waals surface area (Å²) in [6.45, 7) is 1.77. The van der Waals surface area contributed by atoms with Crippen molar-refractivity contribution < 1.29 is 141 Å². The van der Waals surface area contributed by atoms with Gasteiger partial charge in [-0.3, -0.25) is 14.4 Å². The number of hydrogen-bond acceptors (Lipinski definition) is 28. The maximum atomic E-state index is 12.2. The molecule has 0 aliphatic carbocycles. The van der Waals surface area contributed by atoms with Crippen molar-refractivity contribution in [2.45, 2.75) is 175 Å². The number of methoxy groups -OCH3 is 1. The summed E-state index contributed by atoms with van der Waals surface area (Å²) in [5.74, 6) is -5.51. The molecule has 6 heterocycles. The van der Waals surface area contributed by atoms with E-state index in [0.717, 1.165) is 20.8 Å². The van der Waals surface area contributed by atoms with E-state index in [2.05, 4.69) is 0 Å². The van der Waals surface area contributed by atoms with Crippen LogP contribution in [0.5, 0.6) is 0 Å². The lowest BCUT2D eigenvalue weighted by Gasteiger charge is -2.47. The zero-order chi connectivity index (χ0) is 50.6. The van der Waals surface area contributed by atoms with Crippen LogP contribution in [0.2, 0.25) is 0 Å². The van der Waals surface area contributed by atoms with Crippen molar-refractivity contribution in [3.63, 3.8) is 0 Å². The van der Waals surface area contributed by atoms with E-state index < -0.39 is 204 Å². The number of aliphatic carboxylic acids is 1. The average Bonchev–Trinajstić information content (AvgIpc) is 3.29. The molecule has 29 heteroatoms. The Morgan fingerprint density at radius 1 is 0.464 bits per heavy atom. The maximum absolute atomic E-state index is 12.2. The molecular weight excluding hydrogens is 944 g/mol. The second-order valence-corrected chi connectivity index (χ2v) is 17.2. The molecule has 25 unspecified atom stereocenters. The number of aliphatic hydroxyl groups is 9. The van der Waals surface area contributed by atoms with Crippen molar-refractivity contribution in [3.8, 4) is 0 Å². The summed E-state index contributed by atoms with van der Waals surface area (Å²) < 4.78 is 84.1. The van der Waals surface area contributed by atoms with Gasteiger partial charge in [0.25, 0.3) is 0 Å². The van der Waals surface area contributed by atoms with Gasteiger partial charge in [-0.25, -0.2) is 4.79 Å². The van der Waals surface area contributed by atoms with Crippen molar-refractivity contribution >= 4 is 23.9 Å². The molecule has 396 valence electrons. The van der Waals surface area contributed by atoms with E-state index in [1.54, 1.807) is 6.92 Å². The maximum Gasteiger partial charge on any atom is 0.333 e. The molecule has 0 aromatic rings. The molecular formula is C40H62O29. The van der Waals surface area contributed by atoms with Gasteiger partial charge in [-0.2, -0.15) is 0 Å². The van der Waals surface area contributed by atoms with Gasteiger partial charge in [-0.1, -0.05) is 0 Å². The first kappa shape index (κ1) is 55.4. The van der Waals surface area contributed by atoms with E-state index in [1.165, 1.54) is 7.11 Å². The number of esters is 3. The van der Waals surface area contributed by atoms with Crippen LogP contribution in [-0.2, 0) is 90.2 Å². The molecule has 6 saturated heterocycles. The normalized spacial score (nSPS) is 46.3. The van der Waals surface area contributed by atoms with Crippen LogP contribution in [0.15, 0.2) is 0 Å². The summed E-state index contributed by atoms with van der Waals surface area (Å²) in [6.07, 6.45) is -38.6. The SMILES string of the molecule is COC1COC(OC2COC(OC3COC(OC4COC(OC5COC(C)C(OC(C)=O)C5O)C(O)C4OC(C)=O)C(O)C3O)C(OC3OC(C(=O)O)C(CO)C(O)C3O)C2O)C(O)C1OC(C)=O. The van der Waals surface area contributed by atoms with Gasteiger partial charge in [0.1, 0.15) is 79.4 Å². The number of carboxylic acids is 1. The Bertz CT molecular complexity index is 1710. The van der Waals surface area contributed by atoms with Gasteiger partial charge in [-0.05, 0) is 6.92 Å². The van der Waals surface area contributed by atoms with Crippen LogP contribution in [0.1, 0.15) is 27.7 Å². The molecule has 0 bridgehead atoms. The summed E-state index contributed by atoms with van der Waals surface area (Å²) in [5.41, 5.74) is 0. The number of hydrogen-bond donors (Lipinski definition) is 10. The molecule has 6 aliphatic heterocycles. The molecule has 29 nitrogen and oxygen atoms in total. The third-order valence-corrected chi connectivity index (χ3v) is 12.3. The Labute approximate surface area is 392 Å². The molecule has 0 amide bonds. The number of ether oxygens (including phenoxy) is 15. The fourth-order valence-electron chi connectivity index (χ4n) is 8.62. The van der Waals surface area contributed by atoms with Crippen molar-refractivity contribution in [2.24, 2.45) is 5.92 Å². The predicted octanol–water partition coefficient (Wildman–Crippen LogP) is -7.13. The van der Waals surface area contributed by atoms with Crippen molar-refractivity contribution in [1.82, 2.24) is 0 Å². The zero-order valence-corrected chi connectivity index (χ0v) is 37.9. The Hall–Kier alpha value is -2.96. The van der Waals surface area contributed by atoms with E-state index >= 15 is 0 Å². The number of aliphatic hydroxyl groups excluding tert-OH is 9. The van der Waals surface area contributed by atoms with Crippen LogP contribution >= 0.6 is 0 Å². The lowest BCUT2D eigenvalue weighted by Crippen LogP contribution is -2.65. The molecule has 0 aromatic heterocycles. The first-order chi connectivity index (χ1) is 32.6. The largest absolute Gasteiger partial charge is 0.479 e. The quantitative estimate of drug-likeness (QED) is 0.0507. The van der Waals surface area contributed by atoms with Crippen LogP contribution in [0.25, 0.3) is 0 Å². The smallest absolute Gasteiger partial charge is 0.333 e. The highest BCUT2D eigenvalue weighted by molar-refractivity contribution is 5.73. The Kier molecular flexibility index (Phi) is 19.4. The first-order valence-corrected chi connectivity index (χ1v) is 22.0. The van der Waals surface area contributed by atoms with Crippen LogP contribution in [-0.4, -0.2) is 269 Å². The second-order valence-electron chi connectivity index (χ2n) is 17.2. The van der Waals surface area contributed by atoms with E-state index in [9.17, 15) is 70.2 Å². The van der Waals surface area contributed by atoms with Gasteiger partial charge < -0.3 is 122 Å². The second kappa shape index (κ2) is 24.2. The van der Waals surface area contributed by atoms with Gasteiger partial charge in [-0.15, -0.1) is 0 Å². The Morgan fingerprint density at radius 3 is 1.39 bits per heavy atom. The minimum atomic E-state index is -2.06. The number of carbonyl (C=O) groups is 4.